The Kier molecular flexibility index (Phi) is 5.66. The molecule has 0 atom stereocenters. The van der Waals surface area contributed by atoms with Crippen LogP contribution in [0.4, 0.5) is 5.69 Å². The van der Waals surface area contributed by atoms with E-state index in [0.717, 1.165) is 21.0 Å². The first kappa shape index (κ1) is 16.7. The van der Waals surface area contributed by atoms with E-state index in [9.17, 15) is 4.79 Å². The lowest BCUT2D eigenvalue weighted by atomic mass is 10.3. The van der Waals surface area contributed by atoms with E-state index in [0.29, 0.717) is 12.2 Å². The normalized spacial score (nSPS) is 10.5. The van der Waals surface area contributed by atoms with Crippen LogP contribution in [0.5, 0.6) is 0 Å². The van der Waals surface area contributed by atoms with Crippen LogP contribution in [-0.4, -0.2) is 26.4 Å². The fraction of sp³-hybridized carbons (Fsp3) is 0.118. The number of carbonyl (C=O) groups excluding carboxylic acids is 1. The van der Waals surface area contributed by atoms with Crippen molar-refractivity contribution in [2.45, 2.75) is 11.6 Å². The van der Waals surface area contributed by atoms with Crippen LogP contribution in [0, 0.1) is 0 Å². The van der Waals surface area contributed by atoms with Crippen molar-refractivity contribution < 1.29 is 4.79 Å². The number of anilines is 1. The van der Waals surface area contributed by atoms with E-state index >= 15 is 0 Å². The Bertz CT molecular complexity index is 805. The summed E-state index contributed by atoms with van der Waals surface area (Å²) in [6, 6.07) is 17.4. The first-order valence-electron chi connectivity index (χ1n) is 7.36. The molecule has 0 unspecified atom stereocenters. The molecule has 122 valence electrons. The molecule has 5 nitrogen and oxygen atoms in total. The van der Waals surface area contributed by atoms with E-state index in [1.165, 1.54) is 11.8 Å². The summed E-state index contributed by atoms with van der Waals surface area (Å²) in [6.07, 6.45) is 2.09. The number of hydrogen-bond acceptors (Lipinski definition) is 4. The quantitative estimate of drug-likeness (QED) is 0.629. The summed E-state index contributed by atoms with van der Waals surface area (Å²) in [5, 5.41) is 11.7. The minimum absolute atomic E-state index is 0.0180. The van der Waals surface area contributed by atoms with E-state index in [-0.39, 0.29) is 5.91 Å². The number of para-hydroxylation sites is 1. The molecule has 0 saturated carbocycles. The molecular formula is C17H15BrN4OS. The van der Waals surface area contributed by atoms with Crippen molar-refractivity contribution in [3.63, 3.8) is 0 Å². The lowest BCUT2D eigenvalue weighted by Gasteiger charge is -2.07. The van der Waals surface area contributed by atoms with Crippen LogP contribution >= 0.6 is 27.7 Å². The maximum absolute atomic E-state index is 12.0. The first-order chi connectivity index (χ1) is 11.7. The maximum Gasteiger partial charge on any atom is 0.225 e. The molecule has 0 aliphatic heterocycles. The molecule has 0 aliphatic rings. The molecule has 24 heavy (non-hydrogen) atoms. The van der Waals surface area contributed by atoms with Crippen molar-refractivity contribution >= 4 is 39.3 Å². The molecule has 0 fully saturated rings. The average Bonchev–Trinajstić information content (AvgIpc) is 3.06. The number of amides is 1. The third kappa shape index (κ3) is 4.46. The van der Waals surface area contributed by atoms with Crippen molar-refractivity contribution in [3.05, 3.63) is 65.4 Å². The lowest BCUT2D eigenvalue weighted by Crippen LogP contribution is -2.12. The van der Waals surface area contributed by atoms with Crippen molar-refractivity contribution in [2.24, 2.45) is 0 Å². The molecule has 0 aliphatic carbocycles. The van der Waals surface area contributed by atoms with Gasteiger partial charge in [0.25, 0.3) is 0 Å². The number of halogens is 1. The summed E-state index contributed by atoms with van der Waals surface area (Å²) in [4.78, 5) is 12.0. The number of thioether (sulfide) groups is 1. The Balaban J connectivity index is 1.53. The Morgan fingerprint density at radius 2 is 1.88 bits per heavy atom. The summed E-state index contributed by atoms with van der Waals surface area (Å²) in [5.74, 6) is 0.615. The Morgan fingerprint density at radius 3 is 2.62 bits per heavy atom. The van der Waals surface area contributed by atoms with Crippen LogP contribution < -0.4 is 5.32 Å². The number of rotatable bonds is 6. The van der Waals surface area contributed by atoms with Gasteiger partial charge in [0.05, 0.1) is 0 Å². The second-order valence-corrected chi connectivity index (χ2v) is 6.95. The second kappa shape index (κ2) is 8.12. The van der Waals surface area contributed by atoms with Gasteiger partial charge < -0.3 is 5.32 Å². The molecule has 0 bridgehead atoms. The van der Waals surface area contributed by atoms with Crippen molar-refractivity contribution in [1.82, 2.24) is 14.8 Å². The van der Waals surface area contributed by atoms with Crippen LogP contribution in [0.3, 0.4) is 0 Å². The fourth-order valence-corrected chi connectivity index (χ4v) is 3.21. The first-order valence-corrected chi connectivity index (χ1v) is 9.14. The number of hydrogen-bond donors (Lipinski definition) is 1. The zero-order chi connectivity index (χ0) is 16.8. The third-order valence-electron chi connectivity index (χ3n) is 3.24. The summed E-state index contributed by atoms with van der Waals surface area (Å²) in [6.45, 7) is 0. The zero-order valence-corrected chi connectivity index (χ0v) is 15.1. The van der Waals surface area contributed by atoms with Crippen LogP contribution in [0.1, 0.15) is 6.42 Å². The molecule has 0 saturated heterocycles. The van der Waals surface area contributed by atoms with Crippen LogP contribution in [0.2, 0.25) is 0 Å². The largest absolute Gasteiger partial charge is 0.326 e. The summed E-state index contributed by atoms with van der Waals surface area (Å²) >= 11 is 4.88. The van der Waals surface area contributed by atoms with Gasteiger partial charge >= 0.3 is 0 Å². The summed E-state index contributed by atoms with van der Waals surface area (Å²) in [7, 11) is 0. The number of benzene rings is 2. The van der Waals surface area contributed by atoms with Crippen LogP contribution in [0.15, 0.2) is 70.6 Å². The fourth-order valence-electron chi connectivity index (χ4n) is 2.08. The highest BCUT2D eigenvalue weighted by atomic mass is 79.9. The maximum atomic E-state index is 12.0. The molecule has 0 spiro atoms. The van der Waals surface area contributed by atoms with Gasteiger partial charge in [-0.05, 0) is 36.4 Å². The Hall–Kier alpha value is -2.12. The van der Waals surface area contributed by atoms with Gasteiger partial charge in [-0.1, -0.05) is 45.9 Å². The van der Waals surface area contributed by atoms with E-state index in [1.807, 2.05) is 59.2 Å². The van der Waals surface area contributed by atoms with Crippen molar-refractivity contribution in [3.8, 4) is 5.69 Å². The van der Waals surface area contributed by atoms with Crippen molar-refractivity contribution in [2.75, 3.05) is 11.1 Å². The number of aromatic nitrogens is 3. The molecular weight excluding hydrogens is 388 g/mol. The predicted octanol–water partition coefficient (Wildman–Crippen LogP) is 4.15. The number of nitrogens with zero attached hydrogens (tertiary/aromatic N) is 3. The van der Waals surface area contributed by atoms with E-state index < -0.39 is 0 Å². The van der Waals surface area contributed by atoms with E-state index in [2.05, 4.69) is 31.4 Å². The standard InChI is InChI=1S/C17H15BrN4OS/c18-13-6-8-14(9-7-13)20-16(23)10-11-24-17-21-19-12-22(17)15-4-2-1-3-5-15/h1-9,12H,10-11H2,(H,20,23). The molecule has 1 aromatic heterocycles. The highest BCUT2D eigenvalue weighted by Crippen LogP contribution is 2.20. The van der Waals surface area contributed by atoms with Gasteiger partial charge in [0.15, 0.2) is 5.16 Å². The van der Waals surface area contributed by atoms with Gasteiger partial charge in [-0.2, -0.15) is 0 Å². The van der Waals surface area contributed by atoms with Gasteiger partial charge in [0.2, 0.25) is 5.91 Å². The van der Waals surface area contributed by atoms with Crippen LogP contribution in [0.25, 0.3) is 5.69 Å². The molecule has 7 heteroatoms. The molecule has 1 heterocycles. The van der Waals surface area contributed by atoms with Gasteiger partial charge in [-0.3, -0.25) is 9.36 Å². The molecule has 2 aromatic carbocycles. The van der Waals surface area contributed by atoms with E-state index in [1.54, 1.807) is 6.33 Å². The van der Waals surface area contributed by atoms with Gasteiger partial charge in [0, 0.05) is 28.0 Å². The monoisotopic (exact) mass is 402 g/mol. The number of carbonyl (C=O) groups is 1. The zero-order valence-electron chi connectivity index (χ0n) is 12.7. The molecule has 0 radical (unpaired) electrons. The third-order valence-corrected chi connectivity index (χ3v) is 4.71. The van der Waals surface area contributed by atoms with Gasteiger partial charge in [0.1, 0.15) is 6.33 Å². The lowest BCUT2D eigenvalue weighted by molar-refractivity contribution is -0.115. The highest BCUT2D eigenvalue weighted by molar-refractivity contribution is 9.10. The Morgan fingerprint density at radius 1 is 1.12 bits per heavy atom. The number of nitrogens with one attached hydrogen (secondary N) is 1. The molecule has 1 amide bonds. The smallest absolute Gasteiger partial charge is 0.225 e. The predicted molar refractivity (Wildman–Crippen MR) is 99.5 cm³/mol. The molecule has 3 aromatic rings. The van der Waals surface area contributed by atoms with Crippen molar-refractivity contribution in [1.29, 1.82) is 0 Å². The second-order valence-electron chi connectivity index (χ2n) is 4.97. The van der Waals surface area contributed by atoms with Gasteiger partial charge in [-0.25, -0.2) is 0 Å². The summed E-state index contributed by atoms with van der Waals surface area (Å²) < 4.78 is 2.90. The molecule has 3 rings (SSSR count). The Labute approximate surface area is 152 Å². The highest BCUT2D eigenvalue weighted by Gasteiger charge is 2.08. The van der Waals surface area contributed by atoms with E-state index in [4.69, 9.17) is 0 Å². The topological polar surface area (TPSA) is 59.8 Å². The minimum Gasteiger partial charge on any atom is -0.326 e. The average molecular weight is 403 g/mol. The molecule has 1 N–H and O–H groups in total. The minimum atomic E-state index is -0.0180. The van der Waals surface area contributed by atoms with Crippen LogP contribution in [-0.2, 0) is 4.79 Å². The SMILES string of the molecule is O=C(CCSc1nncn1-c1ccccc1)Nc1ccc(Br)cc1. The van der Waals surface area contributed by atoms with Gasteiger partial charge in [-0.15, -0.1) is 10.2 Å². The summed E-state index contributed by atoms with van der Waals surface area (Å²) in [5.41, 5.74) is 1.80.